The molecule has 6 heteroatoms. The molecule has 23 heavy (non-hydrogen) atoms. The van der Waals surface area contributed by atoms with Crippen LogP contribution in [-0.2, 0) is 0 Å². The topological polar surface area (TPSA) is 57.6 Å². The zero-order valence-corrected chi connectivity index (χ0v) is 14.8. The Bertz CT molecular complexity index is 584. The molecule has 0 bridgehead atoms. The van der Waals surface area contributed by atoms with Crippen LogP contribution in [0.3, 0.4) is 0 Å². The highest BCUT2D eigenvalue weighted by atomic mass is 16.2. The molecule has 6 nitrogen and oxygen atoms in total. The number of amides is 3. The van der Waals surface area contributed by atoms with Crippen LogP contribution in [0.2, 0.25) is 0 Å². The molecule has 3 amide bonds. The molecule has 1 aliphatic rings. The standard InChI is InChI=1S/C17H28N4O2/c1-6-18-17(23)20-9-7-19(8-10-20)16(22)15-11-13(4)21(12(2)3)14(15)5/h11-12H,6-10H2,1-5H3,(H,18,23). The lowest BCUT2D eigenvalue weighted by molar-refractivity contribution is 0.0664. The van der Waals surface area contributed by atoms with E-state index in [1.165, 1.54) is 0 Å². The second kappa shape index (κ2) is 7.06. The second-order valence-electron chi connectivity index (χ2n) is 6.36. The molecular weight excluding hydrogens is 292 g/mol. The number of carbonyl (C=O) groups excluding carboxylic acids is 2. The Morgan fingerprint density at radius 1 is 1.13 bits per heavy atom. The van der Waals surface area contributed by atoms with Gasteiger partial charge < -0.3 is 19.7 Å². The fourth-order valence-corrected chi connectivity index (χ4v) is 3.33. The molecule has 0 unspecified atom stereocenters. The highest BCUT2D eigenvalue weighted by molar-refractivity contribution is 5.96. The summed E-state index contributed by atoms with van der Waals surface area (Å²) < 4.78 is 2.19. The molecule has 0 aliphatic carbocycles. The third-order valence-corrected chi connectivity index (χ3v) is 4.41. The van der Waals surface area contributed by atoms with E-state index in [4.69, 9.17) is 0 Å². The highest BCUT2D eigenvalue weighted by Gasteiger charge is 2.27. The lowest BCUT2D eigenvalue weighted by Crippen LogP contribution is -2.53. The smallest absolute Gasteiger partial charge is 0.317 e. The van der Waals surface area contributed by atoms with Gasteiger partial charge in [-0.1, -0.05) is 0 Å². The van der Waals surface area contributed by atoms with Crippen molar-refractivity contribution in [2.24, 2.45) is 0 Å². The van der Waals surface area contributed by atoms with Crippen LogP contribution < -0.4 is 5.32 Å². The average Bonchev–Trinajstić information content (AvgIpc) is 2.81. The van der Waals surface area contributed by atoms with Gasteiger partial charge in [-0.15, -0.1) is 0 Å². The summed E-state index contributed by atoms with van der Waals surface area (Å²) in [5.41, 5.74) is 2.91. The van der Waals surface area contributed by atoms with E-state index in [2.05, 4.69) is 23.7 Å². The number of aryl methyl sites for hydroxylation is 1. The third-order valence-electron chi connectivity index (χ3n) is 4.41. The van der Waals surface area contributed by atoms with Crippen molar-refractivity contribution < 1.29 is 9.59 Å². The Labute approximate surface area is 138 Å². The van der Waals surface area contributed by atoms with Crippen molar-refractivity contribution in [2.75, 3.05) is 32.7 Å². The zero-order valence-electron chi connectivity index (χ0n) is 14.8. The number of piperazine rings is 1. The first-order valence-electron chi connectivity index (χ1n) is 8.37. The Kier molecular flexibility index (Phi) is 5.34. The Balaban J connectivity index is 2.06. The maximum Gasteiger partial charge on any atom is 0.317 e. The van der Waals surface area contributed by atoms with Crippen LogP contribution in [0.1, 0.15) is 48.6 Å². The van der Waals surface area contributed by atoms with Gasteiger partial charge in [0.05, 0.1) is 5.56 Å². The largest absolute Gasteiger partial charge is 0.346 e. The maximum atomic E-state index is 12.8. The quantitative estimate of drug-likeness (QED) is 0.928. The summed E-state index contributed by atoms with van der Waals surface area (Å²) in [6.07, 6.45) is 0. The maximum absolute atomic E-state index is 12.8. The third kappa shape index (κ3) is 3.51. The first-order chi connectivity index (χ1) is 10.9. The summed E-state index contributed by atoms with van der Waals surface area (Å²) >= 11 is 0. The van der Waals surface area contributed by atoms with E-state index in [9.17, 15) is 9.59 Å². The van der Waals surface area contributed by atoms with Gasteiger partial charge in [0.2, 0.25) is 0 Å². The Hall–Kier alpha value is -1.98. The first-order valence-corrected chi connectivity index (χ1v) is 8.37. The minimum atomic E-state index is -0.0439. The molecule has 128 valence electrons. The number of nitrogens with zero attached hydrogens (tertiary/aromatic N) is 3. The Morgan fingerprint density at radius 3 is 2.17 bits per heavy atom. The van der Waals surface area contributed by atoms with Gasteiger partial charge in [-0.3, -0.25) is 4.79 Å². The number of carbonyl (C=O) groups is 2. The minimum Gasteiger partial charge on any atom is -0.346 e. The van der Waals surface area contributed by atoms with E-state index in [1.54, 1.807) is 4.90 Å². The van der Waals surface area contributed by atoms with Crippen LogP contribution in [0.4, 0.5) is 4.79 Å². The van der Waals surface area contributed by atoms with Gasteiger partial charge in [0, 0.05) is 50.2 Å². The van der Waals surface area contributed by atoms with Gasteiger partial charge in [0.25, 0.3) is 5.91 Å². The monoisotopic (exact) mass is 320 g/mol. The average molecular weight is 320 g/mol. The van der Waals surface area contributed by atoms with E-state index in [0.717, 1.165) is 17.0 Å². The molecule has 2 rings (SSSR count). The van der Waals surface area contributed by atoms with Crippen molar-refractivity contribution in [3.63, 3.8) is 0 Å². The number of nitrogens with one attached hydrogen (secondary N) is 1. The summed E-state index contributed by atoms with van der Waals surface area (Å²) in [6.45, 7) is 13.2. The number of urea groups is 1. The summed E-state index contributed by atoms with van der Waals surface area (Å²) in [7, 11) is 0. The van der Waals surface area contributed by atoms with Gasteiger partial charge in [0.15, 0.2) is 0 Å². The molecule has 0 aromatic carbocycles. The molecule has 1 aromatic heterocycles. The van der Waals surface area contributed by atoms with Gasteiger partial charge in [-0.2, -0.15) is 0 Å². The van der Waals surface area contributed by atoms with E-state index in [-0.39, 0.29) is 11.9 Å². The minimum absolute atomic E-state index is 0.0439. The molecule has 0 saturated carbocycles. The van der Waals surface area contributed by atoms with Crippen LogP contribution in [-0.4, -0.2) is 59.0 Å². The molecule has 2 heterocycles. The number of hydrogen-bond donors (Lipinski definition) is 1. The highest BCUT2D eigenvalue weighted by Crippen LogP contribution is 2.22. The fraction of sp³-hybridized carbons (Fsp3) is 0.647. The van der Waals surface area contributed by atoms with Crippen LogP contribution in [0.5, 0.6) is 0 Å². The molecular formula is C17H28N4O2. The molecule has 1 N–H and O–H groups in total. The predicted molar refractivity (Wildman–Crippen MR) is 90.8 cm³/mol. The van der Waals surface area contributed by atoms with E-state index < -0.39 is 0 Å². The van der Waals surface area contributed by atoms with Crippen LogP contribution in [0.15, 0.2) is 6.07 Å². The molecule has 0 radical (unpaired) electrons. The lowest BCUT2D eigenvalue weighted by Gasteiger charge is -2.34. The predicted octanol–water partition coefficient (Wildman–Crippen LogP) is 2.17. The van der Waals surface area contributed by atoms with Crippen molar-refractivity contribution in [2.45, 2.75) is 40.7 Å². The van der Waals surface area contributed by atoms with Crippen molar-refractivity contribution >= 4 is 11.9 Å². The number of aromatic nitrogens is 1. The lowest BCUT2D eigenvalue weighted by atomic mass is 10.2. The van der Waals surface area contributed by atoms with Crippen molar-refractivity contribution in [1.82, 2.24) is 19.7 Å². The van der Waals surface area contributed by atoms with Crippen LogP contribution in [0, 0.1) is 13.8 Å². The van der Waals surface area contributed by atoms with E-state index in [0.29, 0.717) is 38.8 Å². The van der Waals surface area contributed by atoms with Crippen molar-refractivity contribution in [3.8, 4) is 0 Å². The van der Waals surface area contributed by atoms with Gasteiger partial charge in [-0.05, 0) is 40.7 Å². The first kappa shape index (κ1) is 17.4. The molecule has 1 fully saturated rings. The molecule has 1 aliphatic heterocycles. The molecule has 0 spiro atoms. The summed E-state index contributed by atoms with van der Waals surface area (Å²) in [4.78, 5) is 28.3. The van der Waals surface area contributed by atoms with Gasteiger partial charge in [0.1, 0.15) is 0 Å². The number of rotatable bonds is 3. The van der Waals surface area contributed by atoms with Gasteiger partial charge in [-0.25, -0.2) is 4.79 Å². The number of hydrogen-bond acceptors (Lipinski definition) is 2. The fourth-order valence-electron chi connectivity index (χ4n) is 3.33. The molecule has 0 atom stereocenters. The van der Waals surface area contributed by atoms with Crippen molar-refractivity contribution in [1.29, 1.82) is 0 Å². The normalized spacial score (nSPS) is 15.2. The van der Waals surface area contributed by atoms with Crippen molar-refractivity contribution in [3.05, 3.63) is 23.0 Å². The van der Waals surface area contributed by atoms with Crippen LogP contribution >= 0.6 is 0 Å². The van der Waals surface area contributed by atoms with E-state index in [1.807, 2.05) is 31.7 Å². The Morgan fingerprint density at radius 2 is 1.70 bits per heavy atom. The summed E-state index contributed by atoms with van der Waals surface area (Å²) in [5.74, 6) is 0.0700. The SMILES string of the molecule is CCNC(=O)N1CCN(C(=O)c2cc(C)n(C(C)C)c2C)CC1. The molecule has 1 saturated heterocycles. The summed E-state index contributed by atoms with van der Waals surface area (Å²) in [5, 5.41) is 2.80. The molecule has 1 aromatic rings. The zero-order chi connectivity index (χ0) is 17.1. The van der Waals surface area contributed by atoms with Gasteiger partial charge >= 0.3 is 6.03 Å². The summed E-state index contributed by atoms with van der Waals surface area (Å²) in [6, 6.07) is 2.28. The van der Waals surface area contributed by atoms with E-state index >= 15 is 0 Å². The van der Waals surface area contributed by atoms with Crippen LogP contribution in [0.25, 0.3) is 0 Å². The second-order valence-corrected chi connectivity index (χ2v) is 6.36.